The number of fused-ring (bicyclic) bond motifs is 1. The molecule has 0 bridgehead atoms. The summed E-state index contributed by atoms with van der Waals surface area (Å²) in [6, 6.07) is 2.60. The second kappa shape index (κ2) is 5.92. The largest absolute Gasteiger partial charge is 0.314 e. The molecule has 2 nitrogen and oxygen atoms in total. The molecule has 104 valence electrons. The third-order valence-electron chi connectivity index (χ3n) is 5.42. The van der Waals surface area contributed by atoms with Gasteiger partial charge < -0.3 is 5.32 Å². The van der Waals surface area contributed by atoms with Crippen molar-refractivity contribution in [2.75, 3.05) is 13.1 Å². The monoisotopic (exact) mass is 250 g/mol. The topological polar surface area (TPSA) is 15.3 Å². The Kier molecular flexibility index (Phi) is 4.25. The van der Waals surface area contributed by atoms with E-state index in [9.17, 15) is 0 Å². The van der Waals surface area contributed by atoms with Crippen LogP contribution in [0.4, 0.5) is 0 Å². The van der Waals surface area contributed by atoms with Crippen LogP contribution >= 0.6 is 0 Å². The third kappa shape index (κ3) is 3.08. The smallest absolute Gasteiger partial charge is 0.0126 e. The van der Waals surface area contributed by atoms with Crippen molar-refractivity contribution in [2.24, 2.45) is 5.92 Å². The van der Waals surface area contributed by atoms with Crippen molar-refractivity contribution < 1.29 is 0 Å². The number of hydrogen-bond acceptors (Lipinski definition) is 2. The van der Waals surface area contributed by atoms with E-state index >= 15 is 0 Å². The molecule has 0 spiro atoms. The Morgan fingerprint density at radius 1 is 1.06 bits per heavy atom. The Bertz CT molecular complexity index is 260. The van der Waals surface area contributed by atoms with Gasteiger partial charge in [0.05, 0.1) is 0 Å². The molecule has 1 aliphatic heterocycles. The fraction of sp³-hybridized carbons (Fsp3) is 1.00. The molecule has 2 heteroatoms. The summed E-state index contributed by atoms with van der Waals surface area (Å²) in [5, 5.41) is 3.67. The van der Waals surface area contributed by atoms with E-state index in [1.54, 1.807) is 0 Å². The van der Waals surface area contributed by atoms with Crippen molar-refractivity contribution in [1.29, 1.82) is 0 Å². The molecule has 1 saturated heterocycles. The van der Waals surface area contributed by atoms with Crippen molar-refractivity contribution in [3.63, 3.8) is 0 Å². The third-order valence-corrected chi connectivity index (χ3v) is 5.42. The predicted octanol–water partition coefficient (Wildman–Crippen LogP) is 3.17. The van der Waals surface area contributed by atoms with Crippen molar-refractivity contribution in [3.05, 3.63) is 0 Å². The van der Waals surface area contributed by atoms with Gasteiger partial charge in [-0.2, -0.15) is 0 Å². The molecule has 3 atom stereocenters. The molecule has 0 aromatic carbocycles. The molecule has 1 heterocycles. The highest BCUT2D eigenvalue weighted by atomic mass is 15.2. The van der Waals surface area contributed by atoms with Crippen LogP contribution in [0.3, 0.4) is 0 Å². The fourth-order valence-corrected chi connectivity index (χ4v) is 4.16. The standard InChI is InChI=1S/C16H30N2/c1-13(10-11-17-15-8-9-15)18-12-4-6-14-5-2-3-7-16(14)18/h13-17H,2-12H2,1H3. The summed E-state index contributed by atoms with van der Waals surface area (Å²) in [5.74, 6) is 1.03. The van der Waals surface area contributed by atoms with Crippen molar-refractivity contribution in [2.45, 2.75) is 82.8 Å². The Labute approximate surface area is 113 Å². The molecule has 18 heavy (non-hydrogen) atoms. The number of nitrogens with one attached hydrogen (secondary N) is 1. The molecule has 0 aromatic heterocycles. The van der Waals surface area contributed by atoms with Gasteiger partial charge in [0.15, 0.2) is 0 Å². The predicted molar refractivity (Wildman–Crippen MR) is 76.8 cm³/mol. The maximum absolute atomic E-state index is 3.67. The Morgan fingerprint density at radius 3 is 2.67 bits per heavy atom. The van der Waals surface area contributed by atoms with E-state index in [4.69, 9.17) is 0 Å². The summed E-state index contributed by atoms with van der Waals surface area (Å²) >= 11 is 0. The van der Waals surface area contributed by atoms with E-state index in [2.05, 4.69) is 17.1 Å². The van der Waals surface area contributed by atoms with Crippen molar-refractivity contribution >= 4 is 0 Å². The number of nitrogens with zero attached hydrogens (tertiary/aromatic N) is 1. The van der Waals surface area contributed by atoms with Crippen LogP contribution in [-0.2, 0) is 0 Å². The van der Waals surface area contributed by atoms with Gasteiger partial charge in [-0.15, -0.1) is 0 Å². The lowest BCUT2D eigenvalue weighted by molar-refractivity contribution is 0.0288. The van der Waals surface area contributed by atoms with Crippen molar-refractivity contribution in [3.8, 4) is 0 Å². The molecule has 3 unspecified atom stereocenters. The van der Waals surface area contributed by atoms with Gasteiger partial charge in [-0.3, -0.25) is 4.90 Å². The highest BCUT2D eigenvalue weighted by Gasteiger charge is 2.35. The summed E-state index contributed by atoms with van der Waals surface area (Å²) in [5.41, 5.74) is 0. The number of rotatable bonds is 5. The summed E-state index contributed by atoms with van der Waals surface area (Å²) in [4.78, 5) is 2.86. The van der Waals surface area contributed by atoms with E-state index in [1.165, 1.54) is 70.9 Å². The highest BCUT2D eigenvalue weighted by molar-refractivity contribution is 4.90. The first kappa shape index (κ1) is 12.9. The zero-order chi connectivity index (χ0) is 12.4. The lowest BCUT2D eigenvalue weighted by Crippen LogP contribution is -2.51. The molecule has 1 N–H and O–H groups in total. The van der Waals surface area contributed by atoms with E-state index in [0.717, 1.165) is 24.0 Å². The van der Waals surface area contributed by atoms with E-state index < -0.39 is 0 Å². The minimum Gasteiger partial charge on any atom is -0.314 e. The van der Waals surface area contributed by atoms with E-state index in [-0.39, 0.29) is 0 Å². The van der Waals surface area contributed by atoms with Gasteiger partial charge in [-0.05, 0) is 70.9 Å². The van der Waals surface area contributed by atoms with Gasteiger partial charge in [0.25, 0.3) is 0 Å². The number of hydrogen-bond donors (Lipinski definition) is 1. The Morgan fingerprint density at radius 2 is 1.83 bits per heavy atom. The maximum Gasteiger partial charge on any atom is 0.0126 e. The summed E-state index contributed by atoms with van der Waals surface area (Å²) in [6.45, 7) is 5.07. The van der Waals surface area contributed by atoms with Crippen LogP contribution in [0.25, 0.3) is 0 Å². The lowest BCUT2D eigenvalue weighted by Gasteiger charge is -2.47. The SMILES string of the molecule is CC(CCNC1CC1)N1CCCC2CCCCC21. The average Bonchev–Trinajstić information content (AvgIpc) is 3.22. The minimum atomic E-state index is 0.794. The normalized spacial score (nSPS) is 35.2. The molecule has 3 aliphatic rings. The van der Waals surface area contributed by atoms with E-state index in [1.807, 2.05) is 0 Å². The first-order chi connectivity index (χ1) is 8.84. The highest BCUT2D eigenvalue weighted by Crippen LogP contribution is 2.36. The van der Waals surface area contributed by atoms with Gasteiger partial charge in [0, 0.05) is 18.1 Å². The minimum absolute atomic E-state index is 0.794. The average molecular weight is 250 g/mol. The van der Waals surface area contributed by atoms with Crippen LogP contribution in [0.5, 0.6) is 0 Å². The van der Waals surface area contributed by atoms with E-state index in [0.29, 0.717) is 0 Å². The van der Waals surface area contributed by atoms with Crippen LogP contribution in [-0.4, -0.2) is 36.1 Å². The molecule has 2 saturated carbocycles. The van der Waals surface area contributed by atoms with Crippen molar-refractivity contribution in [1.82, 2.24) is 10.2 Å². The number of likely N-dealkylation sites (tertiary alicyclic amines) is 1. The Hall–Kier alpha value is -0.0800. The maximum atomic E-state index is 3.67. The molecule has 3 fully saturated rings. The lowest BCUT2D eigenvalue weighted by atomic mass is 9.77. The second-order valence-corrected chi connectivity index (χ2v) is 6.86. The number of piperidine rings is 1. The van der Waals surface area contributed by atoms with Gasteiger partial charge in [0.2, 0.25) is 0 Å². The molecule has 3 rings (SSSR count). The van der Waals surface area contributed by atoms with Crippen LogP contribution in [0.1, 0.15) is 64.7 Å². The van der Waals surface area contributed by atoms with Crippen LogP contribution < -0.4 is 5.32 Å². The van der Waals surface area contributed by atoms with Gasteiger partial charge >= 0.3 is 0 Å². The molecular formula is C16H30N2. The molecule has 0 amide bonds. The molecule has 2 aliphatic carbocycles. The van der Waals surface area contributed by atoms with Crippen LogP contribution in [0.2, 0.25) is 0 Å². The zero-order valence-corrected chi connectivity index (χ0v) is 12.0. The second-order valence-electron chi connectivity index (χ2n) is 6.86. The van der Waals surface area contributed by atoms with Gasteiger partial charge in [-0.1, -0.05) is 12.8 Å². The van der Waals surface area contributed by atoms with Crippen LogP contribution in [0, 0.1) is 5.92 Å². The summed E-state index contributed by atoms with van der Waals surface area (Å²) in [7, 11) is 0. The Balaban J connectivity index is 1.48. The molecule has 0 radical (unpaired) electrons. The molecule has 0 aromatic rings. The summed E-state index contributed by atoms with van der Waals surface area (Å²) < 4.78 is 0. The van der Waals surface area contributed by atoms with Gasteiger partial charge in [-0.25, -0.2) is 0 Å². The van der Waals surface area contributed by atoms with Crippen LogP contribution in [0.15, 0.2) is 0 Å². The zero-order valence-electron chi connectivity index (χ0n) is 12.0. The summed E-state index contributed by atoms with van der Waals surface area (Å²) in [6.07, 6.45) is 13.1. The fourth-order valence-electron chi connectivity index (χ4n) is 4.16. The first-order valence-electron chi connectivity index (χ1n) is 8.34. The molecular weight excluding hydrogens is 220 g/mol. The van der Waals surface area contributed by atoms with Gasteiger partial charge in [0.1, 0.15) is 0 Å². The quantitative estimate of drug-likeness (QED) is 0.806. The first-order valence-corrected chi connectivity index (χ1v) is 8.34.